The van der Waals surface area contributed by atoms with Crippen molar-refractivity contribution in [3.63, 3.8) is 0 Å². The van der Waals surface area contributed by atoms with Gasteiger partial charge in [0.2, 0.25) is 0 Å². The van der Waals surface area contributed by atoms with Crippen molar-refractivity contribution in [3.8, 4) is 0 Å². The molecule has 1 heterocycles. The van der Waals surface area contributed by atoms with E-state index in [0.29, 0.717) is 0 Å². The minimum absolute atomic E-state index is 0.922. The Labute approximate surface area is 86.5 Å². The summed E-state index contributed by atoms with van der Waals surface area (Å²) in [5.41, 5.74) is 1.25. The maximum Gasteiger partial charge on any atom is 0.0755 e. The highest BCUT2D eigenvalue weighted by molar-refractivity contribution is 14.1. The summed E-state index contributed by atoms with van der Waals surface area (Å²) in [5, 5.41) is 4.52. The molecule has 0 bridgehead atoms. The van der Waals surface area contributed by atoms with Gasteiger partial charge < -0.3 is 0 Å². The van der Waals surface area contributed by atoms with Crippen molar-refractivity contribution in [3.05, 3.63) is 15.5 Å². The molecule has 0 spiro atoms. The summed E-state index contributed by atoms with van der Waals surface area (Å²) >= 11 is 2.37. The standard InChI is InChI=1S/C9H13IN2/c1-2-9-8(10)6-12(11-9)5-7-3-4-7/h6-7H,2-5H2,1H3. The summed E-state index contributed by atoms with van der Waals surface area (Å²) in [6.45, 7) is 3.29. The molecular formula is C9H13IN2. The third-order valence-corrected chi connectivity index (χ3v) is 3.17. The second-order valence-corrected chi connectivity index (χ2v) is 4.60. The zero-order valence-corrected chi connectivity index (χ0v) is 9.41. The van der Waals surface area contributed by atoms with E-state index in [4.69, 9.17) is 0 Å². The van der Waals surface area contributed by atoms with Gasteiger partial charge in [0.15, 0.2) is 0 Å². The van der Waals surface area contributed by atoms with Gasteiger partial charge in [0.1, 0.15) is 0 Å². The Kier molecular flexibility index (Phi) is 2.39. The Balaban J connectivity index is 2.10. The molecular weight excluding hydrogens is 263 g/mol. The van der Waals surface area contributed by atoms with Gasteiger partial charge in [-0.2, -0.15) is 5.10 Å². The highest BCUT2D eigenvalue weighted by atomic mass is 127. The van der Waals surface area contributed by atoms with Crippen LogP contribution < -0.4 is 0 Å². The van der Waals surface area contributed by atoms with Crippen LogP contribution in [-0.4, -0.2) is 9.78 Å². The summed E-state index contributed by atoms with van der Waals surface area (Å²) in [7, 11) is 0. The van der Waals surface area contributed by atoms with Gasteiger partial charge in [-0.05, 0) is 47.8 Å². The average molecular weight is 276 g/mol. The summed E-state index contributed by atoms with van der Waals surface area (Å²) in [4.78, 5) is 0. The Morgan fingerprint density at radius 1 is 1.67 bits per heavy atom. The van der Waals surface area contributed by atoms with Crippen LogP contribution in [-0.2, 0) is 13.0 Å². The lowest BCUT2D eigenvalue weighted by Crippen LogP contribution is -2.00. The highest BCUT2D eigenvalue weighted by Gasteiger charge is 2.22. The summed E-state index contributed by atoms with van der Waals surface area (Å²) < 4.78 is 3.42. The van der Waals surface area contributed by atoms with E-state index in [-0.39, 0.29) is 0 Å². The van der Waals surface area contributed by atoms with Gasteiger partial charge in [0.25, 0.3) is 0 Å². The smallest absolute Gasteiger partial charge is 0.0755 e. The molecule has 0 aromatic carbocycles. The fourth-order valence-corrected chi connectivity index (χ4v) is 2.15. The van der Waals surface area contributed by atoms with E-state index in [1.807, 2.05) is 0 Å². The molecule has 0 radical (unpaired) electrons. The number of rotatable bonds is 3. The van der Waals surface area contributed by atoms with Crippen LogP contribution in [0.5, 0.6) is 0 Å². The second kappa shape index (κ2) is 3.36. The van der Waals surface area contributed by atoms with Gasteiger partial charge in [-0.15, -0.1) is 0 Å². The SMILES string of the molecule is CCc1nn(CC2CC2)cc1I. The van der Waals surface area contributed by atoms with Crippen molar-refractivity contribution in [2.24, 2.45) is 5.92 Å². The molecule has 0 N–H and O–H groups in total. The van der Waals surface area contributed by atoms with E-state index >= 15 is 0 Å². The van der Waals surface area contributed by atoms with Gasteiger partial charge >= 0.3 is 0 Å². The first-order valence-electron chi connectivity index (χ1n) is 4.51. The van der Waals surface area contributed by atoms with Crippen LogP contribution in [0.4, 0.5) is 0 Å². The van der Waals surface area contributed by atoms with E-state index in [1.165, 1.54) is 22.1 Å². The summed E-state index contributed by atoms with van der Waals surface area (Å²) in [6.07, 6.45) is 6.02. The highest BCUT2D eigenvalue weighted by Crippen LogP contribution is 2.30. The number of aryl methyl sites for hydroxylation is 1. The first kappa shape index (κ1) is 8.53. The topological polar surface area (TPSA) is 17.8 Å². The molecule has 1 aliphatic rings. The lowest BCUT2D eigenvalue weighted by atomic mass is 10.3. The average Bonchev–Trinajstić information content (AvgIpc) is 2.76. The molecule has 1 aliphatic carbocycles. The summed E-state index contributed by atoms with van der Waals surface area (Å²) in [5.74, 6) is 0.922. The maximum absolute atomic E-state index is 4.52. The Hall–Kier alpha value is -0.0600. The first-order chi connectivity index (χ1) is 5.79. The molecule has 0 amide bonds. The zero-order valence-electron chi connectivity index (χ0n) is 7.26. The zero-order chi connectivity index (χ0) is 8.55. The van der Waals surface area contributed by atoms with E-state index in [1.54, 1.807) is 0 Å². The van der Waals surface area contributed by atoms with Gasteiger partial charge in [0.05, 0.1) is 9.26 Å². The summed E-state index contributed by atoms with van der Waals surface area (Å²) in [6, 6.07) is 0. The first-order valence-corrected chi connectivity index (χ1v) is 5.59. The van der Waals surface area contributed by atoms with E-state index in [9.17, 15) is 0 Å². The normalized spacial score (nSPS) is 16.8. The molecule has 66 valence electrons. The number of halogens is 1. The van der Waals surface area contributed by atoms with Crippen molar-refractivity contribution in [1.82, 2.24) is 9.78 Å². The quantitative estimate of drug-likeness (QED) is 0.775. The van der Waals surface area contributed by atoms with Gasteiger partial charge in [-0.3, -0.25) is 4.68 Å². The number of nitrogens with zero attached hydrogens (tertiary/aromatic N) is 2. The molecule has 0 aliphatic heterocycles. The van der Waals surface area contributed by atoms with Crippen molar-refractivity contribution < 1.29 is 0 Å². The van der Waals surface area contributed by atoms with Gasteiger partial charge in [0, 0.05) is 12.7 Å². The molecule has 1 aromatic rings. The molecule has 1 aromatic heterocycles. The minimum atomic E-state index is 0.922. The lowest BCUT2D eigenvalue weighted by molar-refractivity contribution is 0.557. The van der Waals surface area contributed by atoms with E-state index in [2.05, 4.69) is 45.5 Å². The molecule has 12 heavy (non-hydrogen) atoms. The molecule has 1 fully saturated rings. The molecule has 0 saturated heterocycles. The molecule has 2 nitrogen and oxygen atoms in total. The Morgan fingerprint density at radius 3 is 2.92 bits per heavy atom. The van der Waals surface area contributed by atoms with Crippen LogP contribution >= 0.6 is 22.6 Å². The largest absolute Gasteiger partial charge is 0.271 e. The molecule has 0 atom stereocenters. The van der Waals surface area contributed by atoms with Gasteiger partial charge in [-0.1, -0.05) is 6.92 Å². The van der Waals surface area contributed by atoms with Gasteiger partial charge in [-0.25, -0.2) is 0 Å². The number of aromatic nitrogens is 2. The third-order valence-electron chi connectivity index (χ3n) is 2.26. The number of hydrogen-bond donors (Lipinski definition) is 0. The fourth-order valence-electron chi connectivity index (χ4n) is 1.34. The fraction of sp³-hybridized carbons (Fsp3) is 0.667. The van der Waals surface area contributed by atoms with Crippen LogP contribution in [0, 0.1) is 9.49 Å². The molecule has 1 saturated carbocycles. The van der Waals surface area contributed by atoms with Crippen LogP contribution in [0.3, 0.4) is 0 Å². The molecule has 0 unspecified atom stereocenters. The maximum atomic E-state index is 4.52. The minimum Gasteiger partial charge on any atom is -0.271 e. The number of hydrogen-bond acceptors (Lipinski definition) is 1. The van der Waals surface area contributed by atoms with Crippen LogP contribution in [0.2, 0.25) is 0 Å². The van der Waals surface area contributed by atoms with Crippen LogP contribution in [0.15, 0.2) is 6.20 Å². The Morgan fingerprint density at radius 2 is 2.42 bits per heavy atom. The van der Waals surface area contributed by atoms with E-state index < -0.39 is 0 Å². The third kappa shape index (κ3) is 1.81. The van der Waals surface area contributed by atoms with Crippen molar-refractivity contribution in [2.75, 3.05) is 0 Å². The van der Waals surface area contributed by atoms with Crippen molar-refractivity contribution in [1.29, 1.82) is 0 Å². The predicted molar refractivity (Wildman–Crippen MR) is 57.0 cm³/mol. The van der Waals surface area contributed by atoms with E-state index in [0.717, 1.165) is 18.9 Å². The predicted octanol–water partition coefficient (Wildman–Crippen LogP) is 2.46. The van der Waals surface area contributed by atoms with Crippen LogP contribution in [0.25, 0.3) is 0 Å². The van der Waals surface area contributed by atoms with Crippen LogP contribution in [0.1, 0.15) is 25.5 Å². The lowest BCUT2D eigenvalue weighted by Gasteiger charge is -1.96. The molecule has 2 rings (SSSR count). The second-order valence-electron chi connectivity index (χ2n) is 3.44. The monoisotopic (exact) mass is 276 g/mol. The Bertz CT molecular complexity index is 276. The molecule has 3 heteroatoms. The van der Waals surface area contributed by atoms with Crippen molar-refractivity contribution in [2.45, 2.75) is 32.7 Å². The van der Waals surface area contributed by atoms with Crippen molar-refractivity contribution >= 4 is 22.6 Å².